The maximum atomic E-state index is 12.6. The fourth-order valence-electron chi connectivity index (χ4n) is 3.45. The number of para-hydroxylation sites is 1. The molecular formula is C26H24N4O5S. The average Bonchev–Trinajstić information content (AvgIpc) is 3.32. The molecule has 0 bridgehead atoms. The van der Waals surface area contributed by atoms with Crippen LogP contribution in [0.25, 0.3) is 5.69 Å². The number of hydrogen-bond donors (Lipinski definition) is 2. The summed E-state index contributed by atoms with van der Waals surface area (Å²) in [4.78, 5) is 23.8. The van der Waals surface area contributed by atoms with E-state index >= 15 is 0 Å². The lowest BCUT2D eigenvalue weighted by atomic mass is 10.2. The number of nitrogens with zero attached hydrogens (tertiary/aromatic N) is 3. The lowest BCUT2D eigenvalue weighted by Crippen LogP contribution is -2.15. The Hall–Kier alpha value is -4.31. The number of amides is 1. The highest BCUT2D eigenvalue weighted by Crippen LogP contribution is 2.29. The van der Waals surface area contributed by atoms with Gasteiger partial charge in [0.05, 0.1) is 18.4 Å². The summed E-state index contributed by atoms with van der Waals surface area (Å²) in [6.07, 6.45) is -0.452. The number of nitrogens with one attached hydrogen (secondary N) is 1. The first-order valence-corrected chi connectivity index (χ1v) is 12.0. The Kier molecular flexibility index (Phi) is 7.86. The van der Waals surface area contributed by atoms with E-state index in [1.54, 1.807) is 25.3 Å². The molecule has 0 radical (unpaired) electrons. The zero-order valence-corrected chi connectivity index (χ0v) is 20.4. The van der Waals surface area contributed by atoms with Crippen LogP contribution in [0.5, 0.6) is 11.5 Å². The van der Waals surface area contributed by atoms with Crippen molar-refractivity contribution in [3.05, 3.63) is 90.3 Å². The molecule has 0 saturated heterocycles. The van der Waals surface area contributed by atoms with Crippen LogP contribution in [0.1, 0.15) is 29.2 Å². The van der Waals surface area contributed by atoms with Crippen molar-refractivity contribution in [2.24, 2.45) is 0 Å². The summed E-state index contributed by atoms with van der Waals surface area (Å²) < 4.78 is 13.2. The standard InChI is InChI=1S/C26H24N4O5S/c1-17(35-22-13-7-12-21(15-22)34-2)24-28-29-26(30(24)20-10-4-3-5-11-20)36-16-23(31)27-19-9-6-8-18(14-19)25(32)33/h3-15,17H,16H2,1-2H3,(H,27,31)(H,32,33). The molecule has 0 aliphatic rings. The van der Waals surface area contributed by atoms with Gasteiger partial charge in [-0.25, -0.2) is 4.79 Å². The van der Waals surface area contributed by atoms with Gasteiger partial charge in [0.1, 0.15) is 11.5 Å². The Morgan fingerprint density at radius 2 is 1.75 bits per heavy atom. The average molecular weight is 505 g/mol. The van der Waals surface area contributed by atoms with Crippen molar-refractivity contribution in [1.29, 1.82) is 0 Å². The summed E-state index contributed by atoms with van der Waals surface area (Å²) in [5.41, 5.74) is 1.33. The second kappa shape index (κ2) is 11.4. The summed E-state index contributed by atoms with van der Waals surface area (Å²) in [7, 11) is 1.59. The van der Waals surface area contributed by atoms with Crippen molar-refractivity contribution < 1.29 is 24.2 Å². The van der Waals surface area contributed by atoms with E-state index in [0.717, 1.165) is 5.69 Å². The molecule has 2 N–H and O–H groups in total. The van der Waals surface area contributed by atoms with Crippen LogP contribution in [0.2, 0.25) is 0 Å². The van der Waals surface area contributed by atoms with E-state index in [0.29, 0.717) is 28.2 Å². The van der Waals surface area contributed by atoms with Gasteiger partial charge in [-0.15, -0.1) is 10.2 Å². The molecule has 36 heavy (non-hydrogen) atoms. The highest BCUT2D eigenvalue weighted by Gasteiger charge is 2.22. The minimum absolute atomic E-state index is 0.0490. The number of anilines is 1. The van der Waals surface area contributed by atoms with Crippen LogP contribution >= 0.6 is 11.8 Å². The lowest BCUT2D eigenvalue weighted by molar-refractivity contribution is -0.113. The molecule has 9 nitrogen and oxygen atoms in total. The predicted octanol–water partition coefficient (Wildman–Crippen LogP) is 4.84. The van der Waals surface area contributed by atoms with Gasteiger partial charge in [0.25, 0.3) is 0 Å². The molecule has 4 aromatic rings. The summed E-state index contributed by atoms with van der Waals surface area (Å²) in [5, 5.41) is 21.1. The molecule has 0 saturated carbocycles. The van der Waals surface area contributed by atoms with Crippen LogP contribution in [-0.4, -0.2) is 44.6 Å². The van der Waals surface area contributed by atoms with Gasteiger partial charge in [-0.1, -0.05) is 42.1 Å². The van der Waals surface area contributed by atoms with Crippen LogP contribution < -0.4 is 14.8 Å². The first kappa shape index (κ1) is 24.8. The molecule has 4 rings (SSSR count). The van der Waals surface area contributed by atoms with Crippen LogP contribution in [-0.2, 0) is 4.79 Å². The third kappa shape index (κ3) is 6.02. The number of ether oxygens (including phenoxy) is 2. The molecule has 10 heteroatoms. The van der Waals surface area contributed by atoms with Gasteiger partial charge in [0, 0.05) is 17.4 Å². The van der Waals surface area contributed by atoms with Crippen molar-refractivity contribution >= 4 is 29.3 Å². The smallest absolute Gasteiger partial charge is 0.335 e. The van der Waals surface area contributed by atoms with Gasteiger partial charge in [-0.3, -0.25) is 9.36 Å². The Bertz CT molecular complexity index is 1360. The molecule has 0 aliphatic carbocycles. The van der Waals surface area contributed by atoms with Crippen LogP contribution in [0.4, 0.5) is 5.69 Å². The van der Waals surface area contributed by atoms with Crippen molar-refractivity contribution in [3.63, 3.8) is 0 Å². The topological polar surface area (TPSA) is 116 Å². The summed E-state index contributed by atoms with van der Waals surface area (Å²) in [6.45, 7) is 1.87. The monoisotopic (exact) mass is 504 g/mol. The largest absolute Gasteiger partial charge is 0.497 e. The molecule has 1 unspecified atom stereocenters. The van der Waals surface area contributed by atoms with E-state index in [-0.39, 0.29) is 17.2 Å². The number of carbonyl (C=O) groups is 2. The maximum absolute atomic E-state index is 12.6. The van der Waals surface area contributed by atoms with E-state index in [9.17, 15) is 9.59 Å². The molecule has 3 aromatic carbocycles. The molecule has 1 amide bonds. The van der Waals surface area contributed by atoms with Crippen molar-refractivity contribution in [1.82, 2.24) is 14.8 Å². The second-order valence-electron chi connectivity index (χ2n) is 7.67. The first-order valence-electron chi connectivity index (χ1n) is 11.0. The highest BCUT2D eigenvalue weighted by atomic mass is 32.2. The molecule has 1 atom stereocenters. The molecule has 0 spiro atoms. The van der Waals surface area contributed by atoms with Crippen LogP contribution in [0, 0.1) is 0 Å². The van der Waals surface area contributed by atoms with Crippen LogP contribution in [0.15, 0.2) is 84.0 Å². The van der Waals surface area contributed by atoms with Crippen molar-refractivity contribution in [2.45, 2.75) is 18.2 Å². The summed E-state index contributed by atoms with van der Waals surface area (Å²) in [5.74, 6) is 0.567. The summed E-state index contributed by atoms with van der Waals surface area (Å²) >= 11 is 1.22. The molecule has 0 fully saturated rings. The Morgan fingerprint density at radius 3 is 2.50 bits per heavy atom. The molecule has 1 heterocycles. The lowest BCUT2D eigenvalue weighted by Gasteiger charge is -2.17. The van der Waals surface area contributed by atoms with Gasteiger partial charge >= 0.3 is 5.97 Å². The van der Waals surface area contributed by atoms with Gasteiger partial charge < -0.3 is 19.9 Å². The minimum atomic E-state index is -1.06. The van der Waals surface area contributed by atoms with Crippen LogP contribution in [0.3, 0.4) is 0 Å². The minimum Gasteiger partial charge on any atom is -0.497 e. The molecule has 1 aromatic heterocycles. The zero-order valence-electron chi connectivity index (χ0n) is 19.6. The molecule has 0 aliphatic heterocycles. The third-order valence-electron chi connectivity index (χ3n) is 5.12. The maximum Gasteiger partial charge on any atom is 0.335 e. The van der Waals surface area contributed by atoms with E-state index in [4.69, 9.17) is 14.6 Å². The number of carbonyl (C=O) groups excluding carboxylic acids is 1. The number of aromatic nitrogens is 3. The second-order valence-corrected chi connectivity index (χ2v) is 8.62. The SMILES string of the molecule is COc1cccc(OC(C)c2nnc(SCC(=O)Nc3cccc(C(=O)O)c3)n2-c2ccccc2)c1. The number of rotatable bonds is 10. The van der Waals surface area contributed by atoms with E-state index in [1.807, 2.05) is 60.0 Å². The quantitative estimate of drug-likeness (QED) is 0.295. The number of aromatic carboxylic acids is 1. The Balaban J connectivity index is 1.52. The fourth-order valence-corrected chi connectivity index (χ4v) is 4.21. The normalized spacial score (nSPS) is 11.5. The predicted molar refractivity (Wildman–Crippen MR) is 136 cm³/mol. The Morgan fingerprint density at radius 1 is 1.00 bits per heavy atom. The van der Waals surface area contributed by atoms with Crippen molar-refractivity contribution in [2.75, 3.05) is 18.2 Å². The van der Waals surface area contributed by atoms with E-state index in [2.05, 4.69) is 15.5 Å². The molecule has 184 valence electrons. The Labute approximate surface area is 212 Å². The van der Waals surface area contributed by atoms with Crippen molar-refractivity contribution in [3.8, 4) is 17.2 Å². The summed E-state index contributed by atoms with van der Waals surface area (Å²) in [6, 6.07) is 23.0. The number of carboxylic acid groups (broad SMARTS) is 1. The zero-order chi connectivity index (χ0) is 25.5. The van der Waals surface area contributed by atoms with Gasteiger partial charge in [-0.05, 0) is 49.4 Å². The molecular weight excluding hydrogens is 480 g/mol. The van der Waals surface area contributed by atoms with Gasteiger partial charge in [0.15, 0.2) is 17.1 Å². The number of hydrogen-bond acceptors (Lipinski definition) is 7. The van der Waals surface area contributed by atoms with E-state index < -0.39 is 12.1 Å². The van der Waals surface area contributed by atoms with Gasteiger partial charge in [-0.2, -0.15) is 0 Å². The fraction of sp³-hybridized carbons (Fsp3) is 0.154. The number of carboxylic acids is 1. The number of thioether (sulfide) groups is 1. The van der Waals surface area contributed by atoms with Gasteiger partial charge in [0.2, 0.25) is 5.91 Å². The van der Waals surface area contributed by atoms with E-state index in [1.165, 1.54) is 23.9 Å². The highest BCUT2D eigenvalue weighted by molar-refractivity contribution is 7.99. The third-order valence-corrected chi connectivity index (χ3v) is 6.05. The number of benzene rings is 3. The number of methoxy groups -OCH3 is 1. The first-order chi connectivity index (χ1) is 17.4.